The predicted octanol–water partition coefficient (Wildman–Crippen LogP) is 6.12. The highest BCUT2D eigenvalue weighted by Crippen LogP contribution is 2.32. The van der Waals surface area contributed by atoms with Gasteiger partial charge in [-0.05, 0) is 60.7 Å². The number of hydrogen-bond acceptors (Lipinski definition) is 5. The van der Waals surface area contributed by atoms with Gasteiger partial charge in [0.1, 0.15) is 23.1 Å². The van der Waals surface area contributed by atoms with E-state index in [2.05, 4.69) is 15.6 Å². The van der Waals surface area contributed by atoms with Crippen molar-refractivity contribution < 1.29 is 13.9 Å². The predicted molar refractivity (Wildman–Crippen MR) is 130 cm³/mol. The first-order valence-corrected chi connectivity index (χ1v) is 11.3. The number of benzene rings is 2. The van der Waals surface area contributed by atoms with Crippen molar-refractivity contribution in [2.75, 3.05) is 10.6 Å². The Morgan fingerprint density at radius 1 is 1.12 bits per heavy atom. The number of carbonyl (C=O) groups excluding carboxylic acids is 1. The molecule has 1 amide bonds. The summed E-state index contributed by atoms with van der Waals surface area (Å²) >= 11 is 0. The number of nitrogens with one attached hydrogen (secondary N) is 2. The van der Waals surface area contributed by atoms with Crippen LogP contribution in [-0.2, 0) is 11.8 Å². The average molecular weight is 460 g/mol. The highest BCUT2D eigenvalue weighted by Gasteiger charge is 2.29. The van der Waals surface area contributed by atoms with Gasteiger partial charge in [0.2, 0.25) is 11.9 Å². The second kappa shape index (κ2) is 8.78. The number of carbonyl (C=O) groups is 1. The first kappa shape index (κ1) is 21.9. The molecule has 2 N–H and O–H groups in total. The maximum absolute atomic E-state index is 14.1. The van der Waals surface area contributed by atoms with E-state index in [1.54, 1.807) is 24.4 Å². The number of hydrogen-bond donors (Lipinski definition) is 2. The van der Waals surface area contributed by atoms with Crippen LogP contribution in [0.3, 0.4) is 0 Å². The highest BCUT2D eigenvalue weighted by atomic mass is 19.1. The van der Waals surface area contributed by atoms with Crippen LogP contribution in [0.25, 0.3) is 11.0 Å². The number of halogens is 1. The molecule has 7 nitrogen and oxygen atoms in total. The van der Waals surface area contributed by atoms with Crippen molar-refractivity contribution in [3.63, 3.8) is 0 Å². The number of amides is 1. The second-order valence-electron chi connectivity index (χ2n) is 8.90. The Morgan fingerprint density at radius 2 is 1.91 bits per heavy atom. The van der Waals surface area contributed by atoms with Crippen LogP contribution in [0.5, 0.6) is 11.5 Å². The van der Waals surface area contributed by atoms with Crippen LogP contribution in [0, 0.1) is 11.7 Å². The molecule has 0 atom stereocenters. The zero-order chi connectivity index (χ0) is 23.8. The number of pyridine rings is 1. The summed E-state index contributed by atoms with van der Waals surface area (Å²) in [4.78, 5) is 20.9. The minimum absolute atomic E-state index is 0.00116. The standard InChI is InChI=1S/C26H26FN5O2/c1-15(2)20-12-17(6-8-21(20)27)29-26-30-22-13-18(7-9-23(22)32(26)3)34-19-10-11-28-24(14-19)31-25(33)16-4-5-16/h6-16H,4-5H2,1-3H3,(H,29,30)(H,28,31,33). The number of nitrogens with zero attached hydrogens (tertiary/aromatic N) is 3. The van der Waals surface area contributed by atoms with Crippen molar-refractivity contribution in [1.29, 1.82) is 0 Å². The van der Waals surface area contributed by atoms with Crippen LogP contribution in [0.15, 0.2) is 54.7 Å². The SMILES string of the molecule is CC(C)c1cc(Nc2nc3cc(Oc4ccnc(NC(=O)C5CC5)c4)ccc3n2C)ccc1F. The zero-order valence-electron chi connectivity index (χ0n) is 19.3. The van der Waals surface area contributed by atoms with Crippen molar-refractivity contribution in [2.45, 2.75) is 32.6 Å². The molecular formula is C26H26FN5O2. The van der Waals surface area contributed by atoms with Gasteiger partial charge in [-0.3, -0.25) is 4.79 Å². The number of rotatable bonds is 7. The summed E-state index contributed by atoms with van der Waals surface area (Å²) in [5, 5.41) is 6.12. The molecule has 1 saturated carbocycles. The molecule has 174 valence electrons. The van der Waals surface area contributed by atoms with Crippen LogP contribution < -0.4 is 15.4 Å². The molecular weight excluding hydrogens is 433 g/mol. The molecule has 0 bridgehead atoms. The summed E-state index contributed by atoms with van der Waals surface area (Å²) in [6, 6.07) is 14.1. The molecule has 0 aliphatic heterocycles. The van der Waals surface area contributed by atoms with Crippen molar-refractivity contribution in [3.8, 4) is 11.5 Å². The number of aromatic nitrogens is 3. The van der Waals surface area contributed by atoms with Gasteiger partial charge in [0.05, 0.1) is 11.0 Å². The van der Waals surface area contributed by atoms with E-state index in [9.17, 15) is 9.18 Å². The molecule has 1 aliphatic rings. The molecule has 2 heterocycles. The fourth-order valence-electron chi connectivity index (χ4n) is 3.80. The van der Waals surface area contributed by atoms with E-state index in [0.717, 1.165) is 29.6 Å². The Labute approximate surface area is 197 Å². The van der Waals surface area contributed by atoms with Gasteiger partial charge < -0.3 is 19.9 Å². The molecule has 1 fully saturated rings. The molecule has 2 aromatic carbocycles. The topological polar surface area (TPSA) is 81.1 Å². The maximum atomic E-state index is 14.1. The van der Waals surface area contributed by atoms with Crippen LogP contribution in [-0.4, -0.2) is 20.4 Å². The molecule has 8 heteroatoms. The Morgan fingerprint density at radius 3 is 2.68 bits per heavy atom. The fourth-order valence-corrected chi connectivity index (χ4v) is 3.80. The van der Waals surface area contributed by atoms with E-state index in [0.29, 0.717) is 28.8 Å². The molecule has 1 aliphatic carbocycles. The Hall–Kier alpha value is -3.94. The molecule has 4 aromatic rings. The van der Waals surface area contributed by atoms with Crippen LogP contribution in [0.4, 0.5) is 21.8 Å². The molecule has 0 unspecified atom stereocenters. The van der Waals surface area contributed by atoms with Crippen LogP contribution >= 0.6 is 0 Å². The average Bonchev–Trinajstić information content (AvgIpc) is 3.61. The molecule has 34 heavy (non-hydrogen) atoms. The maximum Gasteiger partial charge on any atom is 0.228 e. The number of aryl methyl sites for hydroxylation is 1. The molecule has 2 aromatic heterocycles. The van der Waals surface area contributed by atoms with Gasteiger partial charge in [-0.1, -0.05) is 13.8 Å². The fraction of sp³-hybridized carbons (Fsp3) is 0.269. The largest absolute Gasteiger partial charge is 0.457 e. The van der Waals surface area contributed by atoms with E-state index in [1.165, 1.54) is 6.07 Å². The van der Waals surface area contributed by atoms with Gasteiger partial charge in [-0.25, -0.2) is 14.4 Å². The van der Waals surface area contributed by atoms with Gasteiger partial charge in [0, 0.05) is 37.0 Å². The van der Waals surface area contributed by atoms with Crippen LogP contribution in [0.2, 0.25) is 0 Å². The lowest BCUT2D eigenvalue weighted by atomic mass is 10.0. The summed E-state index contributed by atoms with van der Waals surface area (Å²) < 4.78 is 22.0. The zero-order valence-corrected chi connectivity index (χ0v) is 19.3. The number of fused-ring (bicyclic) bond motifs is 1. The first-order valence-electron chi connectivity index (χ1n) is 11.3. The third-order valence-corrected chi connectivity index (χ3v) is 5.89. The minimum atomic E-state index is -0.210. The molecule has 0 saturated heterocycles. The number of imidazole rings is 1. The summed E-state index contributed by atoms with van der Waals surface area (Å²) in [5.74, 6) is 2.28. The lowest BCUT2D eigenvalue weighted by molar-refractivity contribution is -0.117. The summed E-state index contributed by atoms with van der Waals surface area (Å²) in [6.07, 6.45) is 3.47. The third-order valence-electron chi connectivity index (χ3n) is 5.89. The Bertz CT molecular complexity index is 1380. The van der Waals surface area contributed by atoms with Crippen molar-refractivity contribution >= 4 is 34.4 Å². The minimum Gasteiger partial charge on any atom is -0.457 e. The van der Waals surface area contributed by atoms with Gasteiger partial charge in [-0.2, -0.15) is 0 Å². The van der Waals surface area contributed by atoms with E-state index >= 15 is 0 Å². The van der Waals surface area contributed by atoms with Crippen molar-refractivity contribution in [2.24, 2.45) is 13.0 Å². The number of anilines is 3. The van der Waals surface area contributed by atoms with Gasteiger partial charge in [-0.15, -0.1) is 0 Å². The lowest BCUT2D eigenvalue weighted by Crippen LogP contribution is -2.14. The van der Waals surface area contributed by atoms with Crippen molar-refractivity contribution in [1.82, 2.24) is 14.5 Å². The highest BCUT2D eigenvalue weighted by molar-refractivity contribution is 5.93. The third kappa shape index (κ3) is 4.57. The summed E-state index contributed by atoms with van der Waals surface area (Å²) in [7, 11) is 1.92. The molecule has 0 spiro atoms. The first-order chi connectivity index (χ1) is 16.4. The van der Waals surface area contributed by atoms with Gasteiger partial charge in [0.25, 0.3) is 0 Å². The second-order valence-corrected chi connectivity index (χ2v) is 8.90. The molecule has 5 rings (SSSR count). The van der Waals surface area contributed by atoms with E-state index in [1.807, 2.05) is 49.7 Å². The Balaban J connectivity index is 1.35. The summed E-state index contributed by atoms with van der Waals surface area (Å²) in [6.45, 7) is 3.93. The number of ether oxygens (including phenoxy) is 1. The normalized spacial score (nSPS) is 13.3. The molecule has 0 radical (unpaired) electrons. The van der Waals surface area contributed by atoms with Gasteiger partial charge >= 0.3 is 0 Å². The monoisotopic (exact) mass is 459 g/mol. The van der Waals surface area contributed by atoms with E-state index < -0.39 is 0 Å². The summed E-state index contributed by atoms with van der Waals surface area (Å²) in [5.41, 5.74) is 3.11. The van der Waals surface area contributed by atoms with Crippen molar-refractivity contribution in [3.05, 3.63) is 66.1 Å². The van der Waals surface area contributed by atoms with E-state index in [4.69, 9.17) is 9.72 Å². The quantitative estimate of drug-likeness (QED) is 0.348. The Kier molecular flexibility index (Phi) is 5.65. The van der Waals surface area contributed by atoms with Gasteiger partial charge in [0.15, 0.2) is 0 Å². The van der Waals surface area contributed by atoms with E-state index in [-0.39, 0.29) is 23.6 Å². The lowest BCUT2D eigenvalue weighted by Gasteiger charge is -2.11. The smallest absolute Gasteiger partial charge is 0.228 e. The van der Waals surface area contributed by atoms with Crippen LogP contribution in [0.1, 0.15) is 38.2 Å².